The Morgan fingerprint density at radius 3 is 2.81 bits per heavy atom. The minimum atomic E-state index is 1.04. The highest BCUT2D eigenvalue weighted by Crippen LogP contribution is 2.32. The topological polar surface area (TPSA) is 8.17 Å². The average molecular weight is 294 g/mol. The van der Waals surface area contributed by atoms with Crippen molar-refractivity contribution in [3.8, 4) is 5.69 Å². The molecule has 0 amide bonds. The summed E-state index contributed by atoms with van der Waals surface area (Å²) in [6, 6.07) is 13.2. The Kier molecular flexibility index (Phi) is 3.17. The van der Waals surface area contributed by atoms with Gasteiger partial charge in [-0.1, -0.05) is 24.3 Å². The quantitative estimate of drug-likeness (QED) is 0.679. The van der Waals surface area contributed by atoms with Crippen LogP contribution in [0.5, 0.6) is 0 Å². The van der Waals surface area contributed by atoms with E-state index in [0.717, 1.165) is 19.5 Å². The molecule has 3 heterocycles. The molecular formula is C18H18N2S. The standard InChI is InChI=1S/C18H18N2S/c1-19-9-6-14(7-10-19)18-12-15-4-2-3-5-17(15)20(18)16-8-11-21-13-16/h2-6,8,11-13H,7,9-10H2,1H3. The predicted molar refractivity (Wildman–Crippen MR) is 91.2 cm³/mol. The fourth-order valence-electron chi connectivity index (χ4n) is 3.06. The van der Waals surface area contributed by atoms with Gasteiger partial charge in [0.05, 0.1) is 11.2 Å². The van der Waals surface area contributed by atoms with E-state index >= 15 is 0 Å². The second-order valence-corrected chi connectivity index (χ2v) is 6.43. The predicted octanol–water partition coefficient (Wildman–Crippen LogP) is 4.41. The van der Waals surface area contributed by atoms with E-state index in [1.54, 1.807) is 11.3 Å². The van der Waals surface area contributed by atoms with E-state index in [2.05, 4.69) is 69.7 Å². The molecule has 2 nitrogen and oxygen atoms in total. The first-order valence-electron chi connectivity index (χ1n) is 7.34. The number of para-hydroxylation sites is 1. The van der Waals surface area contributed by atoms with Crippen LogP contribution in [0.2, 0.25) is 0 Å². The zero-order valence-corrected chi connectivity index (χ0v) is 12.9. The van der Waals surface area contributed by atoms with Gasteiger partial charge >= 0.3 is 0 Å². The summed E-state index contributed by atoms with van der Waals surface area (Å²) in [7, 11) is 2.18. The summed E-state index contributed by atoms with van der Waals surface area (Å²) >= 11 is 1.75. The Hall–Kier alpha value is -1.84. The minimum Gasteiger partial charge on any atom is -0.309 e. The molecule has 0 radical (unpaired) electrons. The Morgan fingerprint density at radius 1 is 1.14 bits per heavy atom. The van der Waals surface area contributed by atoms with E-state index in [4.69, 9.17) is 0 Å². The van der Waals surface area contributed by atoms with Crippen molar-refractivity contribution in [2.24, 2.45) is 0 Å². The zero-order chi connectivity index (χ0) is 14.2. The first kappa shape index (κ1) is 12.9. The molecule has 0 atom stereocenters. The molecule has 1 aliphatic rings. The van der Waals surface area contributed by atoms with E-state index in [9.17, 15) is 0 Å². The molecule has 0 aliphatic carbocycles. The van der Waals surface area contributed by atoms with Crippen molar-refractivity contribution in [3.63, 3.8) is 0 Å². The van der Waals surface area contributed by atoms with Crippen LogP contribution in [0, 0.1) is 0 Å². The molecule has 0 saturated carbocycles. The van der Waals surface area contributed by atoms with Crippen LogP contribution in [0.3, 0.4) is 0 Å². The molecule has 0 unspecified atom stereocenters. The smallest absolute Gasteiger partial charge is 0.0568 e. The summed E-state index contributed by atoms with van der Waals surface area (Å²) in [6.45, 7) is 2.18. The maximum Gasteiger partial charge on any atom is 0.0568 e. The van der Waals surface area contributed by atoms with E-state index in [-0.39, 0.29) is 0 Å². The van der Waals surface area contributed by atoms with Gasteiger partial charge in [0.2, 0.25) is 0 Å². The first-order valence-corrected chi connectivity index (χ1v) is 8.28. The van der Waals surface area contributed by atoms with Gasteiger partial charge in [-0.25, -0.2) is 0 Å². The van der Waals surface area contributed by atoms with Gasteiger partial charge in [0, 0.05) is 29.5 Å². The second kappa shape index (κ2) is 5.17. The summed E-state index contributed by atoms with van der Waals surface area (Å²) in [6.07, 6.45) is 3.50. The van der Waals surface area contributed by atoms with Gasteiger partial charge < -0.3 is 9.47 Å². The van der Waals surface area contributed by atoms with Crippen LogP contribution in [-0.2, 0) is 0 Å². The molecule has 0 spiro atoms. The number of aromatic nitrogens is 1. The largest absolute Gasteiger partial charge is 0.309 e. The van der Waals surface area contributed by atoms with Crippen molar-refractivity contribution in [1.29, 1.82) is 0 Å². The van der Waals surface area contributed by atoms with Crippen molar-refractivity contribution in [1.82, 2.24) is 9.47 Å². The van der Waals surface area contributed by atoms with Crippen molar-refractivity contribution < 1.29 is 0 Å². The summed E-state index contributed by atoms with van der Waals surface area (Å²) < 4.78 is 2.41. The van der Waals surface area contributed by atoms with E-state index in [0.29, 0.717) is 0 Å². The van der Waals surface area contributed by atoms with E-state index in [1.807, 2.05) is 0 Å². The van der Waals surface area contributed by atoms with Gasteiger partial charge in [-0.05, 0) is 42.6 Å². The maximum absolute atomic E-state index is 2.41. The number of benzene rings is 1. The molecular weight excluding hydrogens is 276 g/mol. The molecule has 106 valence electrons. The van der Waals surface area contributed by atoms with Crippen LogP contribution in [0.1, 0.15) is 12.1 Å². The molecule has 3 aromatic rings. The maximum atomic E-state index is 2.41. The summed E-state index contributed by atoms with van der Waals surface area (Å²) in [5.74, 6) is 0. The highest BCUT2D eigenvalue weighted by Gasteiger charge is 2.16. The number of thiophene rings is 1. The van der Waals surface area contributed by atoms with Crippen LogP contribution in [0.4, 0.5) is 0 Å². The SMILES string of the molecule is CN1CC=C(c2cc3ccccc3n2-c2ccsc2)CC1. The molecule has 0 saturated heterocycles. The van der Waals surface area contributed by atoms with Crippen LogP contribution in [-0.4, -0.2) is 29.6 Å². The Balaban J connectivity index is 1.94. The molecule has 4 rings (SSSR count). The number of rotatable bonds is 2. The molecule has 3 heteroatoms. The van der Waals surface area contributed by atoms with Gasteiger partial charge in [-0.2, -0.15) is 11.3 Å². The summed E-state index contributed by atoms with van der Waals surface area (Å²) in [5.41, 5.74) is 5.39. The molecule has 0 bridgehead atoms. The normalized spacial score (nSPS) is 16.3. The van der Waals surface area contributed by atoms with Crippen LogP contribution >= 0.6 is 11.3 Å². The Labute approximate surface area is 128 Å². The fourth-order valence-corrected chi connectivity index (χ4v) is 3.68. The number of hydrogen-bond acceptors (Lipinski definition) is 2. The van der Waals surface area contributed by atoms with Crippen molar-refractivity contribution in [2.75, 3.05) is 20.1 Å². The van der Waals surface area contributed by atoms with E-state index < -0.39 is 0 Å². The van der Waals surface area contributed by atoms with Crippen molar-refractivity contribution in [2.45, 2.75) is 6.42 Å². The van der Waals surface area contributed by atoms with Crippen LogP contribution in [0.15, 0.2) is 53.2 Å². The molecule has 0 N–H and O–H groups in total. The lowest BCUT2D eigenvalue weighted by Gasteiger charge is -2.22. The minimum absolute atomic E-state index is 1.04. The number of likely N-dealkylation sites (N-methyl/N-ethyl adjacent to an activating group) is 1. The third-order valence-electron chi connectivity index (χ3n) is 4.22. The highest BCUT2D eigenvalue weighted by atomic mass is 32.1. The Morgan fingerprint density at radius 2 is 2.05 bits per heavy atom. The van der Waals surface area contributed by atoms with Gasteiger partial charge in [0.1, 0.15) is 0 Å². The second-order valence-electron chi connectivity index (χ2n) is 5.65. The lowest BCUT2D eigenvalue weighted by molar-refractivity contribution is 0.369. The first-order chi connectivity index (χ1) is 10.3. The summed E-state index contributed by atoms with van der Waals surface area (Å²) in [5, 5.41) is 5.70. The molecule has 1 aliphatic heterocycles. The number of fused-ring (bicyclic) bond motifs is 1. The average Bonchev–Trinajstić information content (AvgIpc) is 3.14. The monoisotopic (exact) mass is 294 g/mol. The van der Waals surface area contributed by atoms with Crippen LogP contribution < -0.4 is 0 Å². The third-order valence-corrected chi connectivity index (χ3v) is 4.89. The molecule has 21 heavy (non-hydrogen) atoms. The fraction of sp³-hybridized carbons (Fsp3) is 0.222. The van der Waals surface area contributed by atoms with Gasteiger partial charge in [-0.3, -0.25) is 0 Å². The number of nitrogens with zero attached hydrogens (tertiary/aromatic N) is 2. The Bertz CT molecular complexity index is 796. The van der Waals surface area contributed by atoms with E-state index in [1.165, 1.54) is 27.9 Å². The third kappa shape index (κ3) is 2.23. The van der Waals surface area contributed by atoms with Crippen LogP contribution in [0.25, 0.3) is 22.2 Å². The van der Waals surface area contributed by atoms with Crippen molar-refractivity contribution >= 4 is 27.8 Å². The zero-order valence-electron chi connectivity index (χ0n) is 12.1. The molecule has 1 aromatic carbocycles. The molecule has 0 fully saturated rings. The van der Waals surface area contributed by atoms with Gasteiger partial charge in [0.15, 0.2) is 0 Å². The molecule has 2 aromatic heterocycles. The highest BCUT2D eigenvalue weighted by molar-refractivity contribution is 7.08. The lowest BCUT2D eigenvalue weighted by atomic mass is 10.0. The van der Waals surface area contributed by atoms with Crippen molar-refractivity contribution in [3.05, 3.63) is 58.9 Å². The lowest BCUT2D eigenvalue weighted by Crippen LogP contribution is -2.24. The van der Waals surface area contributed by atoms with Gasteiger partial charge in [-0.15, -0.1) is 0 Å². The number of hydrogen-bond donors (Lipinski definition) is 0. The summed E-state index contributed by atoms with van der Waals surface area (Å²) in [4.78, 5) is 2.36. The van der Waals surface area contributed by atoms with Gasteiger partial charge in [0.25, 0.3) is 0 Å².